The monoisotopic (exact) mass is 396 g/mol. The Morgan fingerprint density at radius 2 is 2.00 bits per heavy atom. The quantitative estimate of drug-likeness (QED) is 0.268. The van der Waals surface area contributed by atoms with E-state index in [2.05, 4.69) is 4.74 Å². The molecule has 0 radical (unpaired) electrons. The summed E-state index contributed by atoms with van der Waals surface area (Å²) in [4.78, 5) is 53.9. The number of aliphatic carboxylic acids is 1. The number of carbonyl (C=O) groups is 1. The lowest BCUT2D eigenvalue weighted by Crippen LogP contribution is -2.38. The number of carboxylic acid groups (broad SMARTS) is 1. The Morgan fingerprint density at radius 3 is 2.54 bits per heavy atom. The van der Waals surface area contributed by atoms with E-state index in [9.17, 15) is 29.2 Å². The van der Waals surface area contributed by atoms with E-state index in [1.54, 1.807) is 0 Å². The zero-order valence-corrected chi connectivity index (χ0v) is 14.1. The van der Waals surface area contributed by atoms with E-state index < -0.39 is 61.8 Å². The summed E-state index contributed by atoms with van der Waals surface area (Å²) in [5, 5.41) is 28.8. The topological polar surface area (TPSA) is 209 Å². The average Bonchev–Trinajstić information content (AvgIpc) is 2.78. The number of carboxylic acids is 1. The Kier molecular flexibility index (Phi) is 5.82. The largest absolute Gasteiger partial charge is 0.479 e. The molecule has 6 N–H and O–H groups in total. The minimum absolute atomic E-state index is 0.127. The van der Waals surface area contributed by atoms with Crippen LogP contribution in [0.25, 0.3) is 0 Å². The minimum Gasteiger partial charge on any atom is -0.479 e. The summed E-state index contributed by atoms with van der Waals surface area (Å²) in [6.07, 6.45) is -5.02. The number of hydrogen-bond acceptors (Lipinski definition) is 8. The highest BCUT2D eigenvalue weighted by atomic mass is 31.2. The van der Waals surface area contributed by atoms with Gasteiger partial charge in [0.1, 0.15) is 18.3 Å². The van der Waals surface area contributed by atoms with Gasteiger partial charge in [-0.25, -0.2) is 9.59 Å². The first-order valence-electron chi connectivity index (χ1n) is 7.16. The van der Waals surface area contributed by atoms with Gasteiger partial charge in [0, 0.05) is 11.8 Å². The number of aliphatic hydroxyl groups excluding tert-OH is 2. The molecule has 1 aliphatic heterocycles. The lowest BCUT2D eigenvalue weighted by Gasteiger charge is -2.19. The molecule has 2 rings (SSSR count). The molecule has 1 aromatic heterocycles. The zero-order valence-electron chi connectivity index (χ0n) is 13.3. The van der Waals surface area contributed by atoms with Crippen molar-refractivity contribution < 1.29 is 43.9 Å². The van der Waals surface area contributed by atoms with Crippen molar-refractivity contribution in [3.8, 4) is 0 Å². The number of aromatic nitrogens is 2. The van der Waals surface area contributed by atoms with Gasteiger partial charge in [0.15, 0.2) is 6.23 Å². The number of nitrogens with one attached hydrogen (secondary N) is 1. The molecule has 0 saturated carbocycles. The first-order chi connectivity index (χ1) is 11.9. The van der Waals surface area contributed by atoms with Gasteiger partial charge in [0.25, 0.3) is 11.4 Å². The van der Waals surface area contributed by atoms with E-state index in [0.717, 1.165) is 10.8 Å². The fourth-order valence-electron chi connectivity index (χ4n) is 2.37. The molecule has 0 aromatic carbocycles. The van der Waals surface area contributed by atoms with Gasteiger partial charge < -0.3 is 34.6 Å². The number of rotatable bonds is 6. The number of aromatic amines is 1. The Labute approximate surface area is 144 Å². The number of nitrogens with zero attached hydrogens (tertiary/aromatic N) is 1. The number of hydrogen-bond donors (Lipinski definition) is 6. The molecule has 1 aliphatic rings. The van der Waals surface area contributed by atoms with Crippen molar-refractivity contribution in [1.82, 2.24) is 9.55 Å². The molecular formula is C12H17N2O11P. The maximum Gasteiger partial charge on any atom is 0.365 e. The van der Waals surface area contributed by atoms with E-state index in [4.69, 9.17) is 19.6 Å². The summed E-state index contributed by atoms with van der Waals surface area (Å²) in [6, 6.07) is 0. The van der Waals surface area contributed by atoms with Crippen molar-refractivity contribution in [2.75, 3.05) is 6.61 Å². The first-order valence-corrected chi connectivity index (χ1v) is 8.85. The molecule has 1 aromatic rings. The lowest BCUT2D eigenvalue weighted by molar-refractivity contribution is -0.149. The van der Waals surface area contributed by atoms with E-state index >= 15 is 0 Å². The fraction of sp³-hybridized carbons (Fsp3) is 0.583. The summed E-state index contributed by atoms with van der Waals surface area (Å²) in [6.45, 7) is 0.610. The van der Waals surface area contributed by atoms with Crippen LogP contribution >= 0.6 is 7.60 Å². The third-order valence-electron chi connectivity index (χ3n) is 3.69. The maximum atomic E-state index is 11.8. The number of H-pyrrole nitrogens is 1. The molecule has 0 spiro atoms. The molecule has 13 nitrogen and oxygen atoms in total. The first kappa shape index (κ1) is 20.5. The smallest absolute Gasteiger partial charge is 0.365 e. The van der Waals surface area contributed by atoms with Gasteiger partial charge >= 0.3 is 19.3 Å². The van der Waals surface area contributed by atoms with Crippen LogP contribution in [-0.4, -0.2) is 71.4 Å². The zero-order chi connectivity index (χ0) is 19.8. The predicted molar refractivity (Wildman–Crippen MR) is 81.4 cm³/mol. The molecule has 0 bridgehead atoms. The van der Waals surface area contributed by atoms with Gasteiger partial charge in [-0.3, -0.25) is 18.9 Å². The van der Waals surface area contributed by atoms with Crippen molar-refractivity contribution in [2.45, 2.75) is 37.3 Å². The molecule has 1 fully saturated rings. The Morgan fingerprint density at radius 1 is 1.38 bits per heavy atom. The second-order valence-corrected chi connectivity index (χ2v) is 7.29. The summed E-state index contributed by atoms with van der Waals surface area (Å²) in [5.41, 5.74) is -1.44. The molecule has 14 heteroatoms. The third-order valence-corrected chi connectivity index (χ3v) is 4.67. The van der Waals surface area contributed by atoms with Crippen molar-refractivity contribution in [3.63, 3.8) is 0 Å². The average molecular weight is 396 g/mol. The third kappa shape index (κ3) is 4.10. The van der Waals surface area contributed by atoms with Gasteiger partial charge in [-0.1, -0.05) is 0 Å². The summed E-state index contributed by atoms with van der Waals surface area (Å²) in [5.74, 6) is -4.40. The Bertz CT molecular complexity index is 842. The molecule has 26 heavy (non-hydrogen) atoms. The summed E-state index contributed by atoms with van der Waals surface area (Å²) in [7, 11) is -5.13. The van der Waals surface area contributed by atoms with Crippen LogP contribution in [0.3, 0.4) is 0 Å². The molecule has 0 aliphatic carbocycles. The van der Waals surface area contributed by atoms with E-state index in [1.807, 2.05) is 4.98 Å². The molecule has 1 saturated heterocycles. The van der Waals surface area contributed by atoms with Crippen LogP contribution in [0.15, 0.2) is 15.8 Å². The standard InChI is InChI=1S/C12H17N2O11P/c1-4-2-14(12(20)13-8(4)17)9-7(16)6(15)5(25-9)3-24-11(10(18)19)26(21,22)23/h2,5-7,9,11,15-16H,3H2,1H3,(H,18,19)(H,13,17,20)(H2,21,22,23)/t5-,6-,7-,9-,11?/m1/s1. The van der Waals surface area contributed by atoms with E-state index in [-0.39, 0.29) is 5.56 Å². The number of aliphatic hydroxyl groups is 2. The molecule has 1 unspecified atom stereocenters. The van der Waals surface area contributed by atoms with Crippen LogP contribution in [0.4, 0.5) is 0 Å². The van der Waals surface area contributed by atoms with Crippen LogP contribution in [0.2, 0.25) is 0 Å². The van der Waals surface area contributed by atoms with Crippen LogP contribution in [0.1, 0.15) is 11.8 Å². The molecule has 0 amide bonds. The molecule has 146 valence electrons. The van der Waals surface area contributed by atoms with Gasteiger partial charge in [-0.2, -0.15) is 0 Å². The highest BCUT2D eigenvalue weighted by Crippen LogP contribution is 2.42. The van der Waals surface area contributed by atoms with Crippen molar-refractivity contribution in [2.24, 2.45) is 0 Å². The number of aryl methyl sites for hydroxylation is 1. The maximum absolute atomic E-state index is 11.8. The predicted octanol–water partition coefficient (Wildman–Crippen LogP) is -2.93. The summed E-state index contributed by atoms with van der Waals surface area (Å²) < 4.78 is 21.8. The Balaban J connectivity index is 2.19. The molecule has 2 heterocycles. The van der Waals surface area contributed by atoms with Gasteiger partial charge in [-0.15, -0.1) is 0 Å². The van der Waals surface area contributed by atoms with Crippen LogP contribution in [0, 0.1) is 6.92 Å². The van der Waals surface area contributed by atoms with Gasteiger partial charge in [-0.05, 0) is 6.92 Å². The highest BCUT2D eigenvalue weighted by molar-refractivity contribution is 7.53. The molecular weight excluding hydrogens is 379 g/mol. The second-order valence-electron chi connectivity index (χ2n) is 5.64. The van der Waals surface area contributed by atoms with Gasteiger partial charge in [0.2, 0.25) is 0 Å². The minimum atomic E-state index is -5.13. The lowest BCUT2D eigenvalue weighted by atomic mass is 10.1. The SMILES string of the molecule is Cc1cn([C@@H]2O[C@H](COC(C(=O)O)P(=O)(O)O)[C@@H](O)[C@H]2O)c(=O)[nH]c1=O. The molecule has 5 atom stereocenters. The van der Waals surface area contributed by atoms with Crippen LogP contribution in [0.5, 0.6) is 0 Å². The van der Waals surface area contributed by atoms with Crippen LogP contribution < -0.4 is 11.2 Å². The van der Waals surface area contributed by atoms with Crippen LogP contribution in [-0.2, 0) is 18.8 Å². The van der Waals surface area contributed by atoms with Crippen molar-refractivity contribution >= 4 is 13.6 Å². The normalized spacial score (nSPS) is 27.4. The van der Waals surface area contributed by atoms with Crippen molar-refractivity contribution in [3.05, 3.63) is 32.6 Å². The summed E-state index contributed by atoms with van der Waals surface area (Å²) >= 11 is 0. The highest BCUT2D eigenvalue weighted by Gasteiger charge is 2.46. The van der Waals surface area contributed by atoms with Gasteiger partial charge in [0.05, 0.1) is 6.61 Å². The van der Waals surface area contributed by atoms with E-state index in [0.29, 0.717) is 0 Å². The van der Waals surface area contributed by atoms with E-state index in [1.165, 1.54) is 6.92 Å². The second kappa shape index (κ2) is 7.40. The Hall–Kier alpha value is -1.86. The van der Waals surface area contributed by atoms with Crippen molar-refractivity contribution in [1.29, 1.82) is 0 Å². The number of ether oxygens (including phenoxy) is 2. The fourth-order valence-corrected chi connectivity index (χ4v) is 2.94.